The first-order valence-corrected chi connectivity index (χ1v) is 12.3. The van der Waals surface area contributed by atoms with Gasteiger partial charge in [0.25, 0.3) is 0 Å². The standard InChI is InChI=1S/C28H31NO12/c1-16(30)38-14-19(13-23(27(35)37-4)25(40-18(3)32)15-39-17(2)31)41-28(36)29-24-12-8-7-10-21(24)20-9-5-6-11-22(20)26(33)34/h5-12,19,23,25H,13-15H2,1-4H3,(H,29,36)(H,33,34)/t19-,23?,25+/m1/s1. The van der Waals surface area contributed by atoms with Crippen molar-refractivity contribution < 1.29 is 57.6 Å². The molecule has 2 N–H and O–H groups in total. The van der Waals surface area contributed by atoms with E-state index in [2.05, 4.69) is 5.32 Å². The zero-order valence-corrected chi connectivity index (χ0v) is 22.9. The summed E-state index contributed by atoms with van der Waals surface area (Å²) in [5.41, 5.74) is 0.957. The number of methoxy groups -OCH3 is 1. The van der Waals surface area contributed by atoms with Crippen molar-refractivity contribution in [3.8, 4) is 11.1 Å². The van der Waals surface area contributed by atoms with Crippen LogP contribution in [-0.4, -0.2) is 73.6 Å². The normalized spacial score (nSPS) is 12.6. The van der Waals surface area contributed by atoms with Gasteiger partial charge < -0.3 is 28.8 Å². The van der Waals surface area contributed by atoms with Crippen LogP contribution in [0.4, 0.5) is 10.5 Å². The van der Waals surface area contributed by atoms with Gasteiger partial charge in [-0.1, -0.05) is 36.4 Å². The lowest BCUT2D eigenvalue weighted by atomic mass is 9.95. The largest absolute Gasteiger partial charge is 0.478 e. The van der Waals surface area contributed by atoms with E-state index >= 15 is 0 Å². The van der Waals surface area contributed by atoms with Gasteiger partial charge in [0.15, 0.2) is 0 Å². The molecule has 1 unspecified atom stereocenters. The molecule has 0 aromatic heterocycles. The highest BCUT2D eigenvalue weighted by Gasteiger charge is 2.36. The SMILES string of the molecule is COC(=O)C(C[C@H](COC(C)=O)OC(=O)Nc1ccccc1-c1ccccc1C(=O)O)[C@H](COC(C)=O)OC(C)=O. The lowest BCUT2D eigenvalue weighted by molar-refractivity contribution is -0.169. The van der Waals surface area contributed by atoms with E-state index in [0.717, 1.165) is 27.9 Å². The summed E-state index contributed by atoms with van der Waals surface area (Å²) in [5, 5.41) is 12.1. The fraction of sp³-hybridized carbons (Fsp3) is 0.357. The lowest BCUT2D eigenvalue weighted by Gasteiger charge is -2.27. The van der Waals surface area contributed by atoms with Crippen LogP contribution in [0.3, 0.4) is 0 Å². The number of esters is 4. The van der Waals surface area contributed by atoms with E-state index in [1.165, 1.54) is 12.1 Å². The molecule has 41 heavy (non-hydrogen) atoms. The molecule has 13 nitrogen and oxygen atoms in total. The molecule has 0 aliphatic rings. The summed E-state index contributed by atoms with van der Waals surface area (Å²) >= 11 is 0. The third-order valence-electron chi connectivity index (χ3n) is 5.60. The number of ether oxygens (including phenoxy) is 5. The average molecular weight is 574 g/mol. The Hall–Kier alpha value is -4.94. The Morgan fingerprint density at radius 3 is 1.95 bits per heavy atom. The summed E-state index contributed by atoms with van der Waals surface area (Å²) in [6.45, 7) is 2.39. The zero-order valence-electron chi connectivity index (χ0n) is 22.9. The molecule has 0 bridgehead atoms. The summed E-state index contributed by atoms with van der Waals surface area (Å²) in [4.78, 5) is 71.9. The summed E-state index contributed by atoms with van der Waals surface area (Å²) in [6, 6.07) is 12.6. The van der Waals surface area contributed by atoms with Gasteiger partial charge in [-0.05, 0) is 17.7 Å². The minimum Gasteiger partial charge on any atom is -0.478 e. The van der Waals surface area contributed by atoms with Crippen molar-refractivity contribution >= 4 is 41.6 Å². The molecule has 13 heteroatoms. The minimum atomic E-state index is -1.30. The Balaban J connectivity index is 2.34. The van der Waals surface area contributed by atoms with Crippen LogP contribution < -0.4 is 5.32 Å². The smallest absolute Gasteiger partial charge is 0.412 e. The van der Waals surface area contributed by atoms with E-state index in [0.29, 0.717) is 11.1 Å². The van der Waals surface area contributed by atoms with Gasteiger partial charge in [-0.25, -0.2) is 9.59 Å². The predicted molar refractivity (Wildman–Crippen MR) is 142 cm³/mol. The average Bonchev–Trinajstić information content (AvgIpc) is 2.92. The van der Waals surface area contributed by atoms with E-state index in [-0.39, 0.29) is 17.7 Å². The number of carboxylic acids is 1. The van der Waals surface area contributed by atoms with E-state index in [9.17, 15) is 33.9 Å². The van der Waals surface area contributed by atoms with Gasteiger partial charge in [0.05, 0.1) is 18.4 Å². The minimum absolute atomic E-state index is 0.00747. The number of hydrogen-bond acceptors (Lipinski definition) is 11. The molecule has 0 aliphatic carbocycles. The number of carboxylic acid groups (broad SMARTS) is 1. The Morgan fingerprint density at radius 2 is 1.37 bits per heavy atom. The van der Waals surface area contributed by atoms with Crippen LogP contribution in [0.15, 0.2) is 48.5 Å². The number of hydrogen-bond donors (Lipinski definition) is 2. The Morgan fingerprint density at radius 1 is 0.780 bits per heavy atom. The molecule has 220 valence electrons. The molecule has 1 amide bonds. The van der Waals surface area contributed by atoms with Gasteiger partial charge in [0.1, 0.15) is 31.3 Å². The summed E-state index contributed by atoms with van der Waals surface area (Å²) in [6.07, 6.45) is -3.92. The highest BCUT2D eigenvalue weighted by atomic mass is 16.6. The van der Waals surface area contributed by atoms with Crippen molar-refractivity contribution in [3.63, 3.8) is 0 Å². The second-order valence-electron chi connectivity index (χ2n) is 8.67. The Bertz CT molecular complexity index is 1270. The number of aromatic carboxylic acids is 1. The summed E-state index contributed by atoms with van der Waals surface area (Å²) < 4.78 is 25.4. The molecule has 3 atom stereocenters. The van der Waals surface area contributed by atoms with Gasteiger partial charge in [-0.15, -0.1) is 0 Å². The molecule has 0 saturated heterocycles. The maximum absolute atomic E-state index is 13.0. The van der Waals surface area contributed by atoms with Crippen LogP contribution in [0.5, 0.6) is 0 Å². The zero-order chi connectivity index (χ0) is 30.5. The molecule has 0 heterocycles. The van der Waals surface area contributed by atoms with Crippen molar-refractivity contribution in [2.45, 2.75) is 39.4 Å². The van der Waals surface area contributed by atoms with Gasteiger partial charge in [0.2, 0.25) is 0 Å². The second kappa shape index (κ2) is 15.6. The van der Waals surface area contributed by atoms with Crippen molar-refractivity contribution in [1.29, 1.82) is 0 Å². The fourth-order valence-electron chi connectivity index (χ4n) is 3.86. The number of rotatable bonds is 13. The summed E-state index contributed by atoms with van der Waals surface area (Å²) in [5.74, 6) is -5.47. The van der Waals surface area contributed by atoms with Gasteiger partial charge >= 0.3 is 35.9 Å². The third-order valence-corrected chi connectivity index (χ3v) is 5.60. The van der Waals surface area contributed by atoms with Crippen molar-refractivity contribution in [2.24, 2.45) is 5.92 Å². The molecule has 0 saturated carbocycles. The second-order valence-corrected chi connectivity index (χ2v) is 8.67. The third kappa shape index (κ3) is 10.3. The Labute approximate surface area is 235 Å². The highest BCUT2D eigenvalue weighted by molar-refractivity contribution is 6.00. The maximum atomic E-state index is 13.0. The number of benzene rings is 2. The number of carbonyl (C=O) groups excluding carboxylic acids is 5. The predicted octanol–water partition coefficient (Wildman–Crippen LogP) is 3.21. The van der Waals surface area contributed by atoms with E-state index < -0.39 is 67.3 Å². The monoisotopic (exact) mass is 573 g/mol. The van der Waals surface area contributed by atoms with Crippen LogP contribution in [-0.2, 0) is 42.9 Å². The fourth-order valence-corrected chi connectivity index (χ4v) is 3.86. The number of carbonyl (C=O) groups is 6. The highest BCUT2D eigenvalue weighted by Crippen LogP contribution is 2.31. The van der Waals surface area contributed by atoms with Gasteiger partial charge in [-0.2, -0.15) is 0 Å². The Kier molecular flexibility index (Phi) is 12.3. The van der Waals surface area contributed by atoms with Crippen LogP contribution in [0.25, 0.3) is 11.1 Å². The first kappa shape index (κ1) is 32.3. The number of para-hydroxylation sites is 1. The molecule has 0 aliphatic heterocycles. The van der Waals surface area contributed by atoms with Crippen LogP contribution in [0.2, 0.25) is 0 Å². The molecule has 2 rings (SSSR count). The van der Waals surface area contributed by atoms with Crippen molar-refractivity contribution in [2.75, 3.05) is 25.6 Å². The first-order valence-electron chi connectivity index (χ1n) is 12.3. The molecule has 2 aromatic carbocycles. The van der Waals surface area contributed by atoms with Crippen LogP contribution >= 0.6 is 0 Å². The van der Waals surface area contributed by atoms with Crippen molar-refractivity contribution in [3.05, 3.63) is 54.1 Å². The number of anilines is 1. The van der Waals surface area contributed by atoms with Gasteiger partial charge in [0, 0.05) is 32.8 Å². The molecule has 2 aromatic rings. The topological polar surface area (TPSA) is 181 Å². The first-order chi connectivity index (χ1) is 19.4. The van der Waals surface area contributed by atoms with E-state index in [1.807, 2.05) is 0 Å². The number of amides is 1. The van der Waals surface area contributed by atoms with E-state index in [1.54, 1.807) is 36.4 Å². The lowest BCUT2D eigenvalue weighted by Crippen LogP contribution is -2.41. The van der Waals surface area contributed by atoms with E-state index in [4.69, 9.17) is 23.7 Å². The van der Waals surface area contributed by atoms with Gasteiger partial charge in [-0.3, -0.25) is 24.5 Å². The molecule has 0 radical (unpaired) electrons. The molecule has 0 spiro atoms. The molecule has 0 fully saturated rings. The van der Waals surface area contributed by atoms with Crippen molar-refractivity contribution in [1.82, 2.24) is 0 Å². The summed E-state index contributed by atoms with van der Waals surface area (Å²) in [7, 11) is 1.09. The quantitative estimate of drug-likeness (QED) is 0.264. The molecular weight excluding hydrogens is 542 g/mol. The van der Waals surface area contributed by atoms with Crippen LogP contribution in [0.1, 0.15) is 37.6 Å². The maximum Gasteiger partial charge on any atom is 0.412 e. The number of nitrogens with one attached hydrogen (secondary N) is 1. The molecular formula is C28H31NO12. The van der Waals surface area contributed by atoms with Crippen LogP contribution in [0, 0.1) is 5.92 Å².